The van der Waals surface area contributed by atoms with E-state index in [1.54, 1.807) is 13.3 Å². The highest BCUT2D eigenvalue weighted by molar-refractivity contribution is 5.41. The van der Waals surface area contributed by atoms with Crippen molar-refractivity contribution < 1.29 is 13.9 Å². The average molecular weight is 290 g/mol. The highest BCUT2D eigenvalue weighted by Crippen LogP contribution is 2.26. The number of ether oxygens (including phenoxy) is 2. The first-order valence-corrected chi connectivity index (χ1v) is 6.73. The van der Waals surface area contributed by atoms with Crippen molar-refractivity contribution in [3.05, 3.63) is 53.6 Å². The van der Waals surface area contributed by atoms with Crippen LogP contribution in [0.15, 0.2) is 36.7 Å². The van der Waals surface area contributed by atoms with Crippen LogP contribution in [0.5, 0.6) is 11.5 Å². The lowest BCUT2D eigenvalue weighted by Crippen LogP contribution is -2.18. The van der Waals surface area contributed by atoms with Crippen molar-refractivity contribution in [2.45, 2.75) is 26.0 Å². The molecular formula is C16H19FN2O2. The second kappa shape index (κ2) is 7.04. The Morgan fingerprint density at radius 3 is 2.76 bits per heavy atom. The number of rotatable bonds is 6. The highest BCUT2D eigenvalue weighted by Gasteiger charge is 2.09. The first kappa shape index (κ1) is 15.3. The van der Waals surface area contributed by atoms with Gasteiger partial charge in [-0.15, -0.1) is 0 Å². The first-order valence-electron chi connectivity index (χ1n) is 6.73. The van der Waals surface area contributed by atoms with Gasteiger partial charge < -0.3 is 15.2 Å². The third-order valence-corrected chi connectivity index (χ3v) is 2.97. The molecule has 1 heterocycles. The van der Waals surface area contributed by atoms with Gasteiger partial charge in [0.05, 0.1) is 13.3 Å². The summed E-state index contributed by atoms with van der Waals surface area (Å²) in [5.41, 5.74) is 7.51. The molecule has 0 aliphatic rings. The molecule has 2 rings (SSSR count). The fourth-order valence-electron chi connectivity index (χ4n) is 2.01. The van der Waals surface area contributed by atoms with Crippen molar-refractivity contribution in [1.29, 1.82) is 0 Å². The molecular weight excluding hydrogens is 271 g/mol. The molecule has 4 nitrogen and oxygen atoms in total. The van der Waals surface area contributed by atoms with Gasteiger partial charge in [0.2, 0.25) is 0 Å². The van der Waals surface area contributed by atoms with Crippen LogP contribution in [-0.4, -0.2) is 18.1 Å². The summed E-state index contributed by atoms with van der Waals surface area (Å²) in [5.74, 6) is 1.02. The lowest BCUT2D eigenvalue weighted by Gasteiger charge is -2.14. The number of halogens is 1. The minimum atomic E-state index is -0.377. The minimum absolute atomic E-state index is 0.0246. The molecule has 0 bridgehead atoms. The summed E-state index contributed by atoms with van der Waals surface area (Å²) in [6.07, 6.45) is 3.44. The second-order valence-electron chi connectivity index (χ2n) is 4.96. The topological polar surface area (TPSA) is 57.4 Å². The molecule has 2 aromatic rings. The number of aromatic nitrogens is 1. The zero-order valence-corrected chi connectivity index (χ0v) is 12.2. The van der Waals surface area contributed by atoms with E-state index in [4.69, 9.17) is 15.2 Å². The molecule has 21 heavy (non-hydrogen) atoms. The van der Waals surface area contributed by atoms with Crippen molar-refractivity contribution in [1.82, 2.24) is 4.98 Å². The number of hydrogen-bond acceptors (Lipinski definition) is 4. The van der Waals surface area contributed by atoms with Gasteiger partial charge >= 0.3 is 0 Å². The Labute approximate surface area is 123 Å². The Morgan fingerprint density at radius 2 is 2.10 bits per heavy atom. The van der Waals surface area contributed by atoms with Crippen LogP contribution in [0.3, 0.4) is 0 Å². The molecule has 1 unspecified atom stereocenters. The Kier molecular flexibility index (Phi) is 5.11. The van der Waals surface area contributed by atoms with E-state index in [9.17, 15) is 4.39 Å². The maximum Gasteiger partial charge on any atom is 0.141 e. The minimum Gasteiger partial charge on any atom is -0.497 e. The van der Waals surface area contributed by atoms with Gasteiger partial charge in [0.15, 0.2) is 0 Å². The Morgan fingerprint density at radius 1 is 1.29 bits per heavy atom. The van der Waals surface area contributed by atoms with Crippen molar-refractivity contribution >= 4 is 0 Å². The maximum absolute atomic E-state index is 13.1. The molecule has 0 saturated carbocycles. The van der Waals surface area contributed by atoms with Gasteiger partial charge in [-0.25, -0.2) is 4.39 Å². The lowest BCUT2D eigenvalue weighted by molar-refractivity contribution is 0.298. The summed E-state index contributed by atoms with van der Waals surface area (Å²) in [5, 5.41) is 0. The first-order chi connectivity index (χ1) is 10.1. The van der Waals surface area contributed by atoms with E-state index in [1.807, 2.05) is 25.1 Å². The molecule has 1 aromatic carbocycles. The molecule has 0 amide bonds. The third kappa shape index (κ3) is 4.43. The molecule has 0 aliphatic heterocycles. The van der Waals surface area contributed by atoms with Gasteiger partial charge in [0, 0.05) is 23.9 Å². The third-order valence-electron chi connectivity index (χ3n) is 2.97. The average Bonchev–Trinajstić information content (AvgIpc) is 2.46. The SMILES string of the molecule is COc1ccc(CC(C)N)c(OCc2cncc(F)c2)c1. The highest BCUT2D eigenvalue weighted by atomic mass is 19.1. The van der Waals surface area contributed by atoms with E-state index in [-0.39, 0.29) is 18.5 Å². The number of hydrogen-bond donors (Lipinski definition) is 1. The van der Waals surface area contributed by atoms with Gasteiger partial charge in [-0.2, -0.15) is 0 Å². The molecule has 2 N–H and O–H groups in total. The van der Waals surface area contributed by atoms with Crippen LogP contribution < -0.4 is 15.2 Å². The molecule has 5 heteroatoms. The number of benzene rings is 1. The number of methoxy groups -OCH3 is 1. The summed E-state index contributed by atoms with van der Waals surface area (Å²) in [7, 11) is 1.60. The normalized spacial score (nSPS) is 12.0. The summed E-state index contributed by atoms with van der Waals surface area (Å²) in [4.78, 5) is 3.80. The van der Waals surface area contributed by atoms with Crippen LogP contribution in [0.4, 0.5) is 4.39 Å². The van der Waals surface area contributed by atoms with Crippen molar-refractivity contribution in [3.63, 3.8) is 0 Å². The smallest absolute Gasteiger partial charge is 0.141 e. The Hall–Kier alpha value is -2.14. The van der Waals surface area contributed by atoms with Crippen LogP contribution in [0.2, 0.25) is 0 Å². The number of nitrogens with two attached hydrogens (primary N) is 1. The van der Waals surface area contributed by atoms with Gasteiger partial charge in [-0.1, -0.05) is 6.07 Å². The van der Waals surface area contributed by atoms with E-state index >= 15 is 0 Å². The zero-order chi connectivity index (χ0) is 15.2. The lowest BCUT2D eigenvalue weighted by atomic mass is 10.1. The number of nitrogens with zero attached hydrogens (tertiary/aromatic N) is 1. The van der Waals surface area contributed by atoms with E-state index in [2.05, 4.69) is 4.98 Å². The van der Waals surface area contributed by atoms with E-state index in [0.29, 0.717) is 23.5 Å². The summed E-state index contributed by atoms with van der Waals surface area (Å²) < 4.78 is 24.1. The fourth-order valence-corrected chi connectivity index (χ4v) is 2.01. The largest absolute Gasteiger partial charge is 0.497 e. The van der Waals surface area contributed by atoms with E-state index < -0.39 is 0 Å². The summed E-state index contributed by atoms with van der Waals surface area (Å²) >= 11 is 0. The molecule has 112 valence electrons. The Bertz CT molecular complexity index is 603. The summed E-state index contributed by atoms with van der Waals surface area (Å²) in [6.45, 7) is 2.17. The fraction of sp³-hybridized carbons (Fsp3) is 0.312. The van der Waals surface area contributed by atoms with Crippen molar-refractivity contribution in [3.8, 4) is 11.5 Å². The van der Waals surface area contributed by atoms with Crippen molar-refractivity contribution in [2.75, 3.05) is 7.11 Å². The zero-order valence-electron chi connectivity index (χ0n) is 12.2. The summed E-state index contributed by atoms with van der Waals surface area (Å²) in [6, 6.07) is 7.04. The van der Waals surface area contributed by atoms with Crippen LogP contribution in [0, 0.1) is 5.82 Å². The Balaban J connectivity index is 2.16. The van der Waals surface area contributed by atoms with Gasteiger partial charge in [0.1, 0.15) is 23.9 Å². The standard InChI is InChI=1S/C16H19FN2O2/c1-11(18)5-13-3-4-15(20-2)7-16(13)21-10-12-6-14(17)9-19-8-12/h3-4,6-9,11H,5,10,18H2,1-2H3. The second-order valence-corrected chi connectivity index (χ2v) is 4.96. The molecule has 1 atom stereocenters. The van der Waals surface area contributed by atoms with E-state index in [0.717, 1.165) is 11.8 Å². The molecule has 0 aliphatic carbocycles. The monoisotopic (exact) mass is 290 g/mol. The molecule has 0 spiro atoms. The van der Waals surface area contributed by atoms with Gasteiger partial charge in [-0.05, 0) is 31.0 Å². The predicted octanol–water partition coefficient (Wildman–Crippen LogP) is 2.70. The van der Waals surface area contributed by atoms with E-state index in [1.165, 1.54) is 6.07 Å². The number of pyridine rings is 1. The van der Waals surface area contributed by atoms with Crippen molar-refractivity contribution in [2.24, 2.45) is 5.73 Å². The molecule has 0 radical (unpaired) electrons. The predicted molar refractivity (Wildman–Crippen MR) is 78.9 cm³/mol. The van der Waals surface area contributed by atoms with Crippen LogP contribution in [0.1, 0.15) is 18.1 Å². The van der Waals surface area contributed by atoms with Crippen LogP contribution >= 0.6 is 0 Å². The molecule has 0 saturated heterocycles. The van der Waals surface area contributed by atoms with Gasteiger partial charge in [0.25, 0.3) is 0 Å². The quantitative estimate of drug-likeness (QED) is 0.888. The molecule has 1 aromatic heterocycles. The van der Waals surface area contributed by atoms with Crippen LogP contribution in [-0.2, 0) is 13.0 Å². The molecule has 0 fully saturated rings. The van der Waals surface area contributed by atoms with Gasteiger partial charge in [-0.3, -0.25) is 4.98 Å². The maximum atomic E-state index is 13.1. The van der Waals surface area contributed by atoms with Crippen LogP contribution in [0.25, 0.3) is 0 Å².